The summed E-state index contributed by atoms with van der Waals surface area (Å²) in [4.78, 5) is 0. The molecule has 3 aromatic rings. The first kappa shape index (κ1) is 18.1. The van der Waals surface area contributed by atoms with Gasteiger partial charge in [0.15, 0.2) is 0 Å². The maximum Gasteiger partial charge on any atom is 0 e. The zero-order chi connectivity index (χ0) is 14.8. The Hall–Kier alpha value is -0.266. The number of benzene rings is 3. The van der Waals surface area contributed by atoms with Crippen molar-refractivity contribution in [2.45, 2.75) is 0 Å². The minimum absolute atomic E-state index is 0. The van der Waals surface area contributed by atoms with E-state index in [-0.39, 0.29) is 27.7 Å². The summed E-state index contributed by atoms with van der Waals surface area (Å²) in [5.41, 5.74) is 0. The predicted molar refractivity (Wildman–Crippen MR) is 95.7 cm³/mol. The van der Waals surface area contributed by atoms with Crippen molar-refractivity contribution in [3.05, 3.63) is 91.0 Å². The van der Waals surface area contributed by atoms with Crippen LogP contribution in [-0.4, -0.2) is 10.6 Å². The summed E-state index contributed by atoms with van der Waals surface area (Å²) >= 11 is 0. The van der Waals surface area contributed by atoms with E-state index in [4.69, 9.17) is 19.9 Å². The first-order chi connectivity index (χ1) is 10.1. The topological polar surface area (TPSA) is 0 Å². The Kier molecular flexibility index (Phi) is 5.83. The number of hydrogen-bond donors (Lipinski definition) is 0. The molecule has 0 fully saturated rings. The molecule has 3 aromatic carbocycles. The average Bonchev–Trinajstić information content (AvgIpc) is 2.57. The number of rotatable bonds is 3. The molecular formula is C18H15AsCl2Hg. The van der Waals surface area contributed by atoms with Crippen LogP contribution >= 0.6 is 19.9 Å². The van der Waals surface area contributed by atoms with Crippen LogP contribution in [0.3, 0.4) is 0 Å². The molecule has 22 heavy (non-hydrogen) atoms. The predicted octanol–water partition coefficient (Wildman–Crippen LogP) is 3.58. The van der Waals surface area contributed by atoms with Gasteiger partial charge in [-0.05, 0) is 0 Å². The van der Waals surface area contributed by atoms with Crippen molar-refractivity contribution >= 4 is 43.5 Å². The fourth-order valence-corrected chi connectivity index (χ4v) is 12.3. The molecule has 0 N–H and O–H groups in total. The van der Waals surface area contributed by atoms with Gasteiger partial charge in [0, 0.05) is 27.7 Å². The molecule has 0 aliphatic heterocycles. The van der Waals surface area contributed by atoms with Gasteiger partial charge in [0.05, 0.1) is 0 Å². The van der Waals surface area contributed by atoms with E-state index >= 15 is 0 Å². The Bertz CT molecular complexity index is 627. The van der Waals surface area contributed by atoms with Crippen LogP contribution in [0.15, 0.2) is 91.0 Å². The fourth-order valence-electron chi connectivity index (χ4n) is 2.52. The fraction of sp³-hybridized carbons (Fsp3) is 0. The van der Waals surface area contributed by atoms with Crippen LogP contribution in [0.5, 0.6) is 0 Å². The molecule has 0 bridgehead atoms. The first-order valence-electron chi connectivity index (χ1n) is 6.74. The van der Waals surface area contributed by atoms with E-state index in [0.29, 0.717) is 0 Å². The maximum atomic E-state index is 7.32. The molecule has 0 saturated carbocycles. The Labute approximate surface area is 160 Å². The van der Waals surface area contributed by atoms with Crippen molar-refractivity contribution in [2.24, 2.45) is 0 Å². The van der Waals surface area contributed by atoms with E-state index in [1.165, 1.54) is 0 Å². The molecule has 0 radical (unpaired) electrons. The van der Waals surface area contributed by atoms with Crippen LogP contribution in [-0.2, 0) is 27.7 Å². The molecule has 0 nitrogen and oxygen atoms in total. The molecule has 108 valence electrons. The number of hydrogen-bond acceptors (Lipinski definition) is 0. The van der Waals surface area contributed by atoms with E-state index in [1.807, 2.05) is 91.0 Å². The van der Waals surface area contributed by atoms with Gasteiger partial charge in [-0.25, -0.2) is 0 Å². The molecular weight excluding hydrogens is 563 g/mol. The Morgan fingerprint density at radius 2 is 0.682 bits per heavy atom. The van der Waals surface area contributed by atoms with Gasteiger partial charge < -0.3 is 0 Å². The van der Waals surface area contributed by atoms with Crippen LogP contribution in [0.4, 0.5) is 0 Å². The maximum absolute atomic E-state index is 7.32. The summed E-state index contributed by atoms with van der Waals surface area (Å²) in [6.07, 6.45) is 0. The normalized spacial score (nSPS) is 12.7. The quantitative estimate of drug-likeness (QED) is 0.418. The molecule has 4 heteroatoms. The van der Waals surface area contributed by atoms with E-state index in [0.717, 1.165) is 13.1 Å². The van der Waals surface area contributed by atoms with Gasteiger partial charge in [-0.2, -0.15) is 0 Å². The smallest absolute Gasteiger partial charge is 0 e. The van der Waals surface area contributed by atoms with E-state index in [2.05, 4.69) is 0 Å². The van der Waals surface area contributed by atoms with E-state index < -0.39 is 10.6 Å². The average molecular weight is 578 g/mol. The Balaban J connectivity index is 0.00000176. The van der Waals surface area contributed by atoms with Crippen LogP contribution in [0.2, 0.25) is 0 Å². The Morgan fingerprint density at radius 1 is 0.455 bits per heavy atom. The molecule has 0 amide bonds. The molecule has 0 unspecified atom stereocenters. The molecule has 0 aliphatic rings. The minimum atomic E-state index is -4.09. The standard InChI is InChI=1S/C18H15AsCl2.Hg/c20-19(21,16-10-4-1-5-11-16,17-12-6-2-7-13-17)18-14-8-3-9-15-18;/h1-15H;. The molecule has 0 spiro atoms. The second kappa shape index (κ2) is 7.10. The molecule has 0 saturated heterocycles. The SMILES string of the molecule is Cl[As](Cl)(c1ccccc1)(c1ccccc1)c1ccccc1.[Hg]. The molecule has 3 rings (SSSR count). The first-order valence-corrected chi connectivity index (χ1v) is 14.5. The number of halogens is 2. The van der Waals surface area contributed by atoms with E-state index in [9.17, 15) is 0 Å². The van der Waals surface area contributed by atoms with Gasteiger partial charge >= 0.3 is 135 Å². The van der Waals surface area contributed by atoms with Gasteiger partial charge in [0.1, 0.15) is 0 Å². The van der Waals surface area contributed by atoms with Crippen LogP contribution in [0.25, 0.3) is 0 Å². The summed E-state index contributed by atoms with van der Waals surface area (Å²) in [6, 6.07) is 30.1. The van der Waals surface area contributed by atoms with Gasteiger partial charge in [-0.15, -0.1) is 0 Å². The zero-order valence-corrected chi connectivity index (χ0v) is 21.0. The zero-order valence-electron chi connectivity index (χ0n) is 12.1. The monoisotopic (exact) mass is 578 g/mol. The second-order valence-electron chi connectivity index (χ2n) is 4.91. The Morgan fingerprint density at radius 3 is 0.909 bits per heavy atom. The van der Waals surface area contributed by atoms with Crippen molar-refractivity contribution in [3.63, 3.8) is 0 Å². The molecule has 0 heterocycles. The minimum Gasteiger partial charge on any atom is 0 e. The van der Waals surface area contributed by atoms with Crippen molar-refractivity contribution in [3.8, 4) is 0 Å². The van der Waals surface area contributed by atoms with Crippen molar-refractivity contribution in [2.75, 3.05) is 0 Å². The van der Waals surface area contributed by atoms with Gasteiger partial charge in [0.2, 0.25) is 0 Å². The van der Waals surface area contributed by atoms with Gasteiger partial charge in [0.25, 0.3) is 0 Å². The summed E-state index contributed by atoms with van der Waals surface area (Å²) in [7, 11) is 10.5. The molecule has 0 aliphatic carbocycles. The third-order valence-corrected chi connectivity index (χ3v) is 17.3. The van der Waals surface area contributed by atoms with Crippen LogP contribution in [0, 0.1) is 0 Å². The summed E-state index contributed by atoms with van der Waals surface area (Å²) in [5.74, 6) is 0. The van der Waals surface area contributed by atoms with Crippen LogP contribution < -0.4 is 13.1 Å². The molecule has 0 aromatic heterocycles. The van der Waals surface area contributed by atoms with E-state index in [1.54, 1.807) is 0 Å². The van der Waals surface area contributed by atoms with Crippen molar-refractivity contribution in [1.29, 1.82) is 0 Å². The molecule has 0 atom stereocenters. The van der Waals surface area contributed by atoms with Gasteiger partial charge in [-0.1, -0.05) is 0 Å². The third-order valence-electron chi connectivity index (χ3n) is 3.63. The second-order valence-corrected chi connectivity index (χ2v) is 19.9. The summed E-state index contributed by atoms with van der Waals surface area (Å²) in [6.45, 7) is 0. The van der Waals surface area contributed by atoms with Crippen molar-refractivity contribution in [1.82, 2.24) is 0 Å². The summed E-state index contributed by atoms with van der Waals surface area (Å²) in [5, 5.41) is 0. The van der Waals surface area contributed by atoms with Gasteiger partial charge in [-0.3, -0.25) is 0 Å². The third kappa shape index (κ3) is 3.04. The largest absolute Gasteiger partial charge is 0 e. The summed E-state index contributed by atoms with van der Waals surface area (Å²) < 4.78 is 3.03. The van der Waals surface area contributed by atoms with Crippen LogP contribution in [0.1, 0.15) is 0 Å². The van der Waals surface area contributed by atoms with Crippen molar-refractivity contribution < 1.29 is 27.7 Å².